The van der Waals surface area contributed by atoms with Gasteiger partial charge in [0.15, 0.2) is 0 Å². The van der Waals surface area contributed by atoms with Crippen molar-refractivity contribution >= 4 is 5.91 Å². The van der Waals surface area contributed by atoms with E-state index in [2.05, 4.69) is 11.0 Å². The van der Waals surface area contributed by atoms with Crippen LogP contribution in [0, 0.1) is 11.1 Å². The summed E-state index contributed by atoms with van der Waals surface area (Å²) in [6.07, 6.45) is 5.51. The van der Waals surface area contributed by atoms with Gasteiger partial charge >= 0.3 is 0 Å². The molecule has 1 aliphatic carbocycles. The predicted octanol–water partition coefficient (Wildman–Crippen LogP) is 2.67. The molecule has 4 heterocycles. The minimum atomic E-state index is -0.0670. The Morgan fingerprint density at radius 3 is 2.78 bits per heavy atom. The van der Waals surface area contributed by atoms with Crippen LogP contribution in [0.25, 0.3) is 0 Å². The zero-order valence-electron chi connectivity index (χ0n) is 13.5. The third kappa shape index (κ3) is 2.01. The molecule has 122 valence electrons. The van der Waals surface area contributed by atoms with Gasteiger partial charge in [-0.15, -0.1) is 0 Å². The van der Waals surface area contributed by atoms with Gasteiger partial charge in [-0.25, -0.2) is 0 Å². The maximum Gasteiger partial charge on any atom is 0.254 e. The monoisotopic (exact) mass is 312 g/mol. The second kappa shape index (κ2) is 4.81. The van der Waals surface area contributed by atoms with Gasteiger partial charge in [0, 0.05) is 30.9 Å². The third-order valence-corrected chi connectivity index (χ3v) is 6.79. The van der Waals surface area contributed by atoms with E-state index in [1.54, 1.807) is 0 Å². The first-order valence-electron chi connectivity index (χ1n) is 9.14. The Hall–Kier alpha value is -1.39. The lowest BCUT2D eigenvalue weighted by molar-refractivity contribution is -0.899. The number of rotatable bonds is 1. The van der Waals surface area contributed by atoms with E-state index in [1.807, 2.05) is 12.1 Å². The molecule has 4 heteroatoms. The zero-order valence-corrected chi connectivity index (χ0v) is 13.5. The van der Waals surface area contributed by atoms with E-state index in [0.717, 1.165) is 44.5 Å². The number of aryl methyl sites for hydroxylation is 1. The van der Waals surface area contributed by atoms with Crippen molar-refractivity contribution < 1.29 is 9.44 Å². The second-order valence-corrected chi connectivity index (χ2v) is 8.02. The molecule has 3 fully saturated rings. The number of amides is 1. The average Bonchev–Trinajstić information content (AvgIpc) is 2.58. The summed E-state index contributed by atoms with van der Waals surface area (Å²) in [6, 6.07) is 6.41. The normalized spacial score (nSPS) is 38.6. The molecule has 23 heavy (non-hydrogen) atoms. The van der Waals surface area contributed by atoms with Crippen LogP contribution in [0.15, 0.2) is 18.2 Å². The van der Waals surface area contributed by atoms with Crippen molar-refractivity contribution in [3.05, 3.63) is 40.1 Å². The molecule has 0 spiro atoms. The highest BCUT2D eigenvalue weighted by atomic mass is 16.5. The molecule has 6 rings (SSSR count). The van der Waals surface area contributed by atoms with Crippen molar-refractivity contribution in [2.24, 2.45) is 5.92 Å². The van der Waals surface area contributed by atoms with Crippen LogP contribution in [0.1, 0.15) is 53.1 Å². The number of hydroxylamine groups is 3. The molecule has 0 N–H and O–H groups in total. The van der Waals surface area contributed by atoms with Gasteiger partial charge in [0.2, 0.25) is 0 Å². The molecule has 0 saturated carbocycles. The Balaban J connectivity index is 1.53. The summed E-state index contributed by atoms with van der Waals surface area (Å²) in [7, 11) is 0. The smallest absolute Gasteiger partial charge is 0.254 e. The maximum absolute atomic E-state index is 13.2. The number of quaternary nitrogens is 1. The van der Waals surface area contributed by atoms with Crippen molar-refractivity contribution in [3.8, 4) is 0 Å². The Labute approximate surface area is 137 Å². The standard InChI is InChI=1S/C19H24N2O2/c22-19-16-6-2-4-14-3-1-5-15(18(14)16)11-20(19)17-12-21(23)9-7-13(17)8-10-21/h2,4,6,13,15,17H,1,3,5,7-12H2. The van der Waals surface area contributed by atoms with E-state index in [-0.39, 0.29) is 16.6 Å². The molecule has 1 aromatic rings. The van der Waals surface area contributed by atoms with E-state index in [4.69, 9.17) is 0 Å². The van der Waals surface area contributed by atoms with Crippen LogP contribution >= 0.6 is 0 Å². The lowest BCUT2D eigenvalue weighted by Gasteiger charge is -2.58. The number of benzene rings is 1. The fourth-order valence-electron chi connectivity index (χ4n) is 5.60. The van der Waals surface area contributed by atoms with Gasteiger partial charge in [-0.05, 0) is 42.4 Å². The van der Waals surface area contributed by atoms with Gasteiger partial charge < -0.3 is 14.8 Å². The number of carbonyl (C=O) groups excluding carboxylic acids is 1. The van der Waals surface area contributed by atoms with Crippen LogP contribution in [-0.4, -0.2) is 47.7 Å². The van der Waals surface area contributed by atoms with Crippen LogP contribution in [-0.2, 0) is 6.42 Å². The first kappa shape index (κ1) is 14.0. The van der Waals surface area contributed by atoms with Crippen molar-refractivity contribution in [3.63, 3.8) is 0 Å². The highest BCUT2D eigenvalue weighted by Gasteiger charge is 2.47. The summed E-state index contributed by atoms with van der Waals surface area (Å²) >= 11 is 0. The Morgan fingerprint density at radius 1 is 1.17 bits per heavy atom. The summed E-state index contributed by atoms with van der Waals surface area (Å²) in [6.45, 7) is 2.98. The van der Waals surface area contributed by atoms with Crippen LogP contribution in [0.5, 0.6) is 0 Å². The topological polar surface area (TPSA) is 43.4 Å². The fourth-order valence-corrected chi connectivity index (χ4v) is 5.60. The van der Waals surface area contributed by atoms with E-state index >= 15 is 0 Å². The molecule has 2 bridgehead atoms. The van der Waals surface area contributed by atoms with E-state index < -0.39 is 0 Å². The summed E-state index contributed by atoms with van der Waals surface area (Å²) in [4.78, 5) is 15.2. The van der Waals surface area contributed by atoms with E-state index in [0.29, 0.717) is 18.4 Å². The predicted molar refractivity (Wildman–Crippen MR) is 87.9 cm³/mol. The zero-order chi connectivity index (χ0) is 15.6. The van der Waals surface area contributed by atoms with Gasteiger partial charge in [-0.2, -0.15) is 0 Å². The number of hydrogen-bond donors (Lipinski definition) is 0. The molecule has 3 saturated heterocycles. The van der Waals surface area contributed by atoms with Crippen LogP contribution < -0.4 is 0 Å². The van der Waals surface area contributed by atoms with E-state index in [9.17, 15) is 10.0 Å². The first-order valence-corrected chi connectivity index (χ1v) is 9.14. The Kier molecular flexibility index (Phi) is 2.92. The molecule has 4 nitrogen and oxygen atoms in total. The van der Waals surface area contributed by atoms with Crippen LogP contribution in [0.3, 0.4) is 0 Å². The molecule has 5 aliphatic rings. The minimum Gasteiger partial charge on any atom is -0.633 e. The van der Waals surface area contributed by atoms with Crippen LogP contribution in [0.4, 0.5) is 0 Å². The minimum absolute atomic E-state index is 0.0670. The number of piperidine rings is 3. The molecule has 4 aliphatic heterocycles. The molecule has 0 aromatic heterocycles. The average molecular weight is 312 g/mol. The van der Waals surface area contributed by atoms with Gasteiger partial charge in [-0.3, -0.25) is 4.79 Å². The molecule has 1 aromatic carbocycles. The number of fused-ring (bicyclic) bond motifs is 3. The number of carbonyl (C=O) groups is 1. The van der Waals surface area contributed by atoms with Gasteiger partial charge in [-0.1, -0.05) is 12.1 Å². The number of nitrogens with zero attached hydrogens (tertiary/aromatic N) is 2. The van der Waals surface area contributed by atoms with Crippen molar-refractivity contribution in [1.29, 1.82) is 0 Å². The van der Waals surface area contributed by atoms with Gasteiger partial charge in [0.05, 0.1) is 25.7 Å². The highest BCUT2D eigenvalue weighted by molar-refractivity contribution is 5.97. The SMILES string of the molecule is O=C1c2cccc3c2C(CCC3)CN1C1C[N+]2([O-])CCC1CC2. The Bertz CT molecular complexity index is 663. The van der Waals surface area contributed by atoms with Crippen molar-refractivity contribution in [1.82, 2.24) is 4.90 Å². The third-order valence-electron chi connectivity index (χ3n) is 6.79. The largest absolute Gasteiger partial charge is 0.633 e. The summed E-state index contributed by atoms with van der Waals surface area (Å²) in [5.74, 6) is 1.22. The fraction of sp³-hybridized carbons (Fsp3) is 0.632. The molecule has 2 atom stereocenters. The highest BCUT2D eigenvalue weighted by Crippen LogP contribution is 2.42. The van der Waals surface area contributed by atoms with Gasteiger partial charge in [0.25, 0.3) is 5.91 Å². The van der Waals surface area contributed by atoms with Crippen LogP contribution in [0.2, 0.25) is 0 Å². The lowest BCUT2D eigenvalue weighted by Crippen LogP contribution is -2.66. The molecule has 2 unspecified atom stereocenters. The summed E-state index contributed by atoms with van der Waals surface area (Å²) < 4.78 is -0.0670. The molecular weight excluding hydrogens is 288 g/mol. The first-order chi connectivity index (χ1) is 11.1. The summed E-state index contributed by atoms with van der Waals surface area (Å²) in [5, 5.41) is 12.7. The quantitative estimate of drug-likeness (QED) is 0.591. The molecular formula is C19H24N2O2. The van der Waals surface area contributed by atoms with E-state index in [1.165, 1.54) is 24.0 Å². The van der Waals surface area contributed by atoms with Gasteiger partial charge in [0.1, 0.15) is 0 Å². The van der Waals surface area contributed by atoms with Crippen molar-refractivity contribution in [2.45, 2.75) is 44.1 Å². The van der Waals surface area contributed by atoms with Crippen molar-refractivity contribution in [2.75, 3.05) is 26.2 Å². The molecule has 1 amide bonds. The Morgan fingerprint density at radius 2 is 2.00 bits per heavy atom. The number of hydrogen-bond acceptors (Lipinski definition) is 2. The lowest BCUT2D eigenvalue weighted by atomic mass is 9.75. The summed E-state index contributed by atoms with van der Waals surface area (Å²) in [5.41, 5.74) is 3.63. The maximum atomic E-state index is 13.2. The molecule has 0 radical (unpaired) electrons. The second-order valence-electron chi connectivity index (χ2n) is 8.02.